The molecule has 2 amide bonds. The molecule has 0 radical (unpaired) electrons. The summed E-state index contributed by atoms with van der Waals surface area (Å²) in [5.41, 5.74) is 2.74. The minimum Gasteiger partial charge on any atom is -0.318 e. The molecule has 5 nitrogen and oxygen atoms in total. The Bertz CT molecular complexity index is 945. The SMILES string of the molecule is O=C(CSC1c2ccccc2C(=O)N1Cc1ccccc1)Nc1nccs1. The third kappa shape index (κ3) is 3.89. The van der Waals surface area contributed by atoms with Gasteiger partial charge in [-0.1, -0.05) is 48.5 Å². The molecule has 2 heterocycles. The van der Waals surface area contributed by atoms with Gasteiger partial charge in [-0.05, 0) is 17.2 Å². The third-order valence-electron chi connectivity index (χ3n) is 4.25. The Balaban J connectivity index is 1.51. The number of nitrogens with one attached hydrogen (secondary N) is 1. The Morgan fingerprint density at radius 2 is 1.93 bits per heavy atom. The van der Waals surface area contributed by atoms with Gasteiger partial charge in [0.05, 0.1) is 5.75 Å². The van der Waals surface area contributed by atoms with Gasteiger partial charge in [0, 0.05) is 23.7 Å². The van der Waals surface area contributed by atoms with E-state index < -0.39 is 0 Å². The standard InChI is InChI=1S/C20H17N3O2S2/c24-17(22-20-21-10-11-26-20)13-27-19-16-9-5-4-8-15(16)18(25)23(19)12-14-6-2-1-3-7-14/h1-11,19H,12-13H2,(H,21,22,24). The second-order valence-electron chi connectivity index (χ2n) is 6.05. The van der Waals surface area contributed by atoms with Crippen molar-refractivity contribution in [1.29, 1.82) is 0 Å². The van der Waals surface area contributed by atoms with E-state index in [0.717, 1.165) is 11.1 Å². The summed E-state index contributed by atoms with van der Waals surface area (Å²) in [5, 5.41) is 5.01. The number of hydrogen-bond acceptors (Lipinski definition) is 5. The maximum Gasteiger partial charge on any atom is 0.255 e. The summed E-state index contributed by atoms with van der Waals surface area (Å²) < 4.78 is 0. The van der Waals surface area contributed by atoms with Gasteiger partial charge in [0.1, 0.15) is 5.37 Å². The molecule has 0 bridgehead atoms. The fourth-order valence-corrected chi connectivity index (χ4v) is 4.71. The number of carbonyl (C=O) groups excluding carboxylic acids is 2. The van der Waals surface area contributed by atoms with Crippen molar-refractivity contribution in [3.05, 3.63) is 82.9 Å². The lowest BCUT2D eigenvalue weighted by Crippen LogP contribution is -2.27. The van der Waals surface area contributed by atoms with E-state index in [1.807, 2.05) is 64.9 Å². The molecule has 1 aliphatic rings. The summed E-state index contributed by atoms with van der Waals surface area (Å²) in [6.45, 7) is 0.514. The van der Waals surface area contributed by atoms with Crippen molar-refractivity contribution in [3.8, 4) is 0 Å². The molecule has 136 valence electrons. The summed E-state index contributed by atoms with van der Waals surface area (Å²) in [7, 11) is 0. The molecule has 1 aromatic heterocycles. The molecule has 4 rings (SSSR count). The minimum absolute atomic E-state index is 0.00675. The summed E-state index contributed by atoms with van der Waals surface area (Å²) in [5.74, 6) is 0.135. The summed E-state index contributed by atoms with van der Waals surface area (Å²) >= 11 is 2.84. The lowest BCUT2D eigenvalue weighted by Gasteiger charge is -2.25. The number of nitrogens with zero attached hydrogens (tertiary/aromatic N) is 2. The van der Waals surface area contributed by atoms with E-state index in [1.54, 1.807) is 6.20 Å². The number of aromatic nitrogens is 1. The highest BCUT2D eigenvalue weighted by Gasteiger charge is 2.36. The average Bonchev–Trinajstić information content (AvgIpc) is 3.29. The van der Waals surface area contributed by atoms with E-state index in [2.05, 4.69) is 10.3 Å². The molecular formula is C20H17N3O2S2. The van der Waals surface area contributed by atoms with E-state index in [1.165, 1.54) is 23.1 Å². The van der Waals surface area contributed by atoms with Crippen LogP contribution in [0.15, 0.2) is 66.2 Å². The van der Waals surface area contributed by atoms with Crippen molar-refractivity contribution in [2.24, 2.45) is 0 Å². The highest BCUT2D eigenvalue weighted by Crippen LogP contribution is 2.42. The van der Waals surface area contributed by atoms with Crippen LogP contribution in [-0.4, -0.2) is 27.5 Å². The topological polar surface area (TPSA) is 62.3 Å². The first kappa shape index (κ1) is 17.8. The molecule has 3 aromatic rings. The Labute approximate surface area is 165 Å². The monoisotopic (exact) mass is 395 g/mol. The zero-order chi connectivity index (χ0) is 18.6. The molecule has 1 aliphatic heterocycles. The molecule has 0 saturated heterocycles. The largest absolute Gasteiger partial charge is 0.318 e. The van der Waals surface area contributed by atoms with Gasteiger partial charge in [0.15, 0.2) is 5.13 Å². The molecule has 0 fully saturated rings. The maximum absolute atomic E-state index is 12.9. The normalized spacial score (nSPS) is 15.6. The van der Waals surface area contributed by atoms with Crippen LogP contribution in [0.2, 0.25) is 0 Å². The fourth-order valence-electron chi connectivity index (χ4n) is 3.05. The Morgan fingerprint density at radius 1 is 1.15 bits per heavy atom. The predicted molar refractivity (Wildman–Crippen MR) is 109 cm³/mol. The van der Waals surface area contributed by atoms with Gasteiger partial charge in [0.25, 0.3) is 5.91 Å². The van der Waals surface area contributed by atoms with Gasteiger partial charge in [-0.15, -0.1) is 23.1 Å². The highest BCUT2D eigenvalue weighted by atomic mass is 32.2. The number of thioether (sulfide) groups is 1. The van der Waals surface area contributed by atoms with E-state index in [-0.39, 0.29) is 22.9 Å². The van der Waals surface area contributed by atoms with Crippen molar-refractivity contribution in [3.63, 3.8) is 0 Å². The summed E-state index contributed by atoms with van der Waals surface area (Å²) in [4.78, 5) is 31.1. The van der Waals surface area contributed by atoms with Gasteiger partial charge < -0.3 is 10.2 Å². The van der Waals surface area contributed by atoms with Gasteiger partial charge in [-0.2, -0.15) is 0 Å². The van der Waals surface area contributed by atoms with E-state index in [0.29, 0.717) is 17.2 Å². The first-order valence-corrected chi connectivity index (χ1v) is 10.4. The van der Waals surface area contributed by atoms with E-state index in [4.69, 9.17) is 0 Å². The minimum atomic E-state index is -0.184. The Morgan fingerprint density at radius 3 is 2.70 bits per heavy atom. The van der Waals surface area contributed by atoms with Crippen LogP contribution in [0.5, 0.6) is 0 Å². The van der Waals surface area contributed by atoms with Crippen LogP contribution >= 0.6 is 23.1 Å². The second-order valence-corrected chi connectivity index (χ2v) is 8.02. The zero-order valence-electron chi connectivity index (χ0n) is 14.4. The third-order valence-corrected chi connectivity index (χ3v) is 6.19. The molecule has 2 aromatic carbocycles. The molecule has 27 heavy (non-hydrogen) atoms. The number of benzene rings is 2. The van der Waals surface area contributed by atoms with Crippen molar-refractivity contribution >= 4 is 40.0 Å². The van der Waals surface area contributed by atoms with Gasteiger partial charge in [0.2, 0.25) is 5.91 Å². The van der Waals surface area contributed by atoms with Crippen molar-refractivity contribution in [2.45, 2.75) is 11.9 Å². The Hall–Kier alpha value is -2.64. The number of carbonyl (C=O) groups is 2. The first-order valence-electron chi connectivity index (χ1n) is 8.47. The second kappa shape index (κ2) is 7.94. The van der Waals surface area contributed by atoms with Gasteiger partial charge in [-0.3, -0.25) is 9.59 Å². The number of rotatable bonds is 6. The quantitative estimate of drug-likeness (QED) is 0.680. The van der Waals surface area contributed by atoms with Crippen LogP contribution in [0.3, 0.4) is 0 Å². The number of anilines is 1. The van der Waals surface area contributed by atoms with Gasteiger partial charge in [-0.25, -0.2) is 4.98 Å². The predicted octanol–water partition coefficient (Wildman–Crippen LogP) is 4.17. The molecule has 1 N–H and O–H groups in total. The van der Waals surface area contributed by atoms with Crippen LogP contribution in [0.4, 0.5) is 5.13 Å². The lowest BCUT2D eigenvalue weighted by molar-refractivity contribution is -0.113. The number of fused-ring (bicyclic) bond motifs is 1. The number of hydrogen-bond donors (Lipinski definition) is 1. The molecule has 0 spiro atoms. The van der Waals surface area contributed by atoms with Crippen LogP contribution in [0, 0.1) is 0 Å². The number of thiazole rings is 1. The molecular weight excluding hydrogens is 378 g/mol. The van der Waals surface area contributed by atoms with Crippen LogP contribution in [-0.2, 0) is 11.3 Å². The van der Waals surface area contributed by atoms with Crippen LogP contribution < -0.4 is 5.32 Å². The van der Waals surface area contributed by atoms with Crippen molar-refractivity contribution < 1.29 is 9.59 Å². The number of amides is 2. The molecule has 0 saturated carbocycles. The molecule has 0 aliphatic carbocycles. The summed E-state index contributed by atoms with van der Waals surface area (Å²) in [6.07, 6.45) is 1.65. The van der Waals surface area contributed by atoms with Crippen LogP contribution in [0.1, 0.15) is 26.9 Å². The van der Waals surface area contributed by atoms with Crippen LogP contribution in [0.25, 0.3) is 0 Å². The van der Waals surface area contributed by atoms with E-state index in [9.17, 15) is 9.59 Å². The van der Waals surface area contributed by atoms with Gasteiger partial charge >= 0.3 is 0 Å². The molecule has 1 atom stereocenters. The highest BCUT2D eigenvalue weighted by molar-refractivity contribution is 8.00. The fraction of sp³-hybridized carbons (Fsp3) is 0.150. The van der Waals surface area contributed by atoms with Crippen molar-refractivity contribution in [2.75, 3.05) is 11.1 Å². The lowest BCUT2D eigenvalue weighted by atomic mass is 10.1. The zero-order valence-corrected chi connectivity index (χ0v) is 16.0. The molecule has 7 heteroatoms. The molecule has 1 unspecified atom stereocenters. The summed E-state index contributed by atoms with van der Waals surface area (Å²) in [6, 6.07) is 17.5. The maximum atomic E-state index is 12.9. The first-order chi connectivity index (χ1) is 13.2. The van der Waals surface area contributed by atoms with Crippen molar-refractivity contribution in [1.82, 2.24) is 9.88 Å². The Kier molecular flexibility index (Phi) is 5.22. The average molecular weight is 396 g/mol. The van der Waals surface area contributed by atoms with E-state index >= 15 is 0 Å². The smallest absolute Gasteiger partial charge is 0.255 e.